The van der Waals surface area contributed by atoms with Gasteiger partial charge in [-0.2, -0.15) is 0 Å². The zero-order valence-corrected chi connectivity index (χ0v) is 17.9. The van der Waals surface area contributed by atoms with Crippen LogP contribution in [-0.2, 0) is 0 Å². The van der Waals surface area contributed by atoms with Crippen LogP contribution in [0.3, 0.4) is 0 Å². The number of nitrogens with one attached hydrogen (secondary N) is 2. The highest BCUT2D eigenvalue weighted by Gasteiger charge is 2.43. The van der Waals surface area contributed by atoms with Crippen molar-refractivity contribution in [2.75, 3.05) is 19.7 Å². The number of hydrogen-bond acceptors (Lipinski definition) is 2. The van der Waals surface area contributed by atoms with Crippen molar-refractivity contribution in [1.29, 1.82) is 0 Å². The molecule has 5 heteroatoms. The van der Waals surface area contributed by atoms with Crippen LogP contribution in [0.4, 0.5) is 0 Å². The molecular weight excluding hydrogens is 413 g/mol. The number of aliphatic imine (C=N–C) groups is 1. The van der Waals surface area contributed by atoms with Gasteiger partial charge >= 0.3 is 0 Å². The van der Waals surface area contributed by atoms with Crippen molar-refractivity contribution in [1.82, 2.24) is 10.6 Å². The first-order valence-corrected chi connectivity index (χ1v) is 9.94. The zero-order valence-electron chi connectivity index (χ0n) is 15.6. The molecule has 0 bridgehead atoms. The molecule has 0 amide bonds. The summed E-state index contributed by atoms with van der Waals surface area (Å²) in [5.41, 5.74) is 0. The predicted octanol–water partition coefficient (Wildman–Crippen LogP) is 3.93. The van der Waals surface area contributed by atoms with Crippen molar-refractivity contribution < 1.29 is 5.11 Å². The third-order valence-corrected chi connectivity index (χ3v) is 5.50. The highest BCUT2D eigenvalue weighted by molar-refractivity contribution is 14.0. The molecule has 2 saturated carbocycles. The van der Waals surface area contributed by atoms with Gasteiger partial charge in [-0.3, -0.25) is 4.99 Å². The van der Waals surface area contributed by atoms with Gasteiger partial charge in [0.25, 0.3) is 0 Å². The molecule has 0 spiro atoms. The van der Waals surface area contributed by atoms with Gasteiger partial charge in [0.05, 0.1) is 0 Å². The monoisotopic (exact) mass is 451 g/mol. The minimum absolute atomic E-state index is 0. The fourth-order valence-corrected chi connectivity index (χ4v) is 4.10. The fourth-order valence-electron chi connectivity index (χ4n) is 4.10. The number of hydrogen-bond donors (Lipinski definition) is 3. The van der Waals surface area contributed by atoms with Crippen LogP contribution in [0.25, 0.3) is 0 Å². The second-order valence-electron chi connectivity index (χ2n) is 7.44. The Kier molecular flexibility index (Phi) is 11.3. The molecule has 2 fully saturated rings. The molecule has 2 aliphatic rings. The Labute approximate surface area is 165 Å². The summed E-state index contributed by atoms with van der Waals surface area (Å²) < 4.78 is 0. The molecular formula is C19H38IN3O. The van der Waals surface area contributed by atoms with E-state index < -0.39 is 0 Å². The average molecular weight is 451 g/mol. The summed E-state index contributed by atoms with van der Waals surface area (Å²) in [6.45, 7) is 6.34. The van der Waals surface area contributed by atoms with E-state index in [2.05, 4.69) is 24.5 Å². The van der Waals surface area contributed by atoms with Gasteiger partial charge in [-0.05, 0) is 43.9 Å². The van der Waals surface area contributed by atoms with Gasteiger partial charge in [0.2, 0.25) is 0 Å². The average Bonchev–Trinajstić information content (AvgIpc) is 3.33. The first kappa shape index (κ1) is 22.0. The number of rotatable bonds is 9. The lowest BCUT2D eigenvalue weighted by atomic mass is 9.85. The number of nitrogens with zero attached hydrogens (tertiary/aromatic N) is 1. The summed E-state index contributed by atoms with van der Waals surface area (Å²) in [5.74, 6) is 3.32. The van der Waals surface area contributed by atoms with E-state index >= 15 is 0 Å². The number of guanidine groups is 1. The van der Waals surface area contributed by atoms with Gasteiger partial charge in [0, 0.05) is 25.7 Å². The summed E-state index contributed by atoms with van der Waals surface area (Å²) in [6, 6.07) is 0.637. The van der Waals surface area contributed by atoms with Crippen LogP contribution in [0.1, 0.15) is 71.6 Å². The number of aliphatic hydroxyl groups excluding tert-OH is 1. The highest BCUT2D eigenvalue weighted by atomic mass is 127. The molecule has 0 aromatic rings. The summed E-state index contributed by atoms with van der Waals surface area (Å²) in [5, 5.41) is 16.2. The van der Waals surface area contributed by atoms with E-state index in [0.717, 1.165) is 50.1 Å². The lowest BCUT2D eigenvalue weighted by Crippen LogP contribution is -2.40. The smallest absolute Gasteiger partial charge is 0.191 e. The van der Waals surface area contributed by atoms with E-state index in [1.807, 2.05) is 0 Å². The van der Waals surface area contributed by atoms with Crippen LogP contribution >= 0.6 is 24.0 Å². The highest BCUT2D eigenvalue weighted by Crippen LogP contribution is 2.44. The molecule has 2 aliphatic carbocycles. The first-order chi connectivity index (χ1) is 11.3. The van der Waals surface area contributed by atoms with Crippen LogP contribution in [0.15, 0.2) is 4.99 Å². The molecule has 0 aromatic heterocycles. The third-order valence-electron chi connectivity index (χ3n) is 5.50. The minimum atomic E-state index is 0. The Hall–Kier alpha value is -0.0400. The molecule has 0 heterocycles. The SMILES string of the molecule is CCCC(CCO)CN=C(NCC)NC1CC1C1CCCCC1.I. The Balaban J connectivity index is 0.00000288. The van der Waals surface area contributed by atoms with Crippen LogP contribution < -0.4 is 10.6 Å². The van der Waals surface area contributed by atoms with E-state index in [9.17, 15) is 5.11 Å². The van der Waals surface area contributed by atoms with Crippen LogP contribution in [0, 0.1) is 17.8 Å². The molecule has 0 radical (unpaired) electrons. The van der Waals surface area contributed by atoms with Gasteiger partial charge in [0.1, 0.15) is 0 Å². The van der Waals surface area contributed by atoms with Crippen molar-refractivity contribution >= 4 is 29.9 Å². The van der Waals surface area contributed by atoms with Crippen molar-refractivity contribution in [2.45, 2.75) is 77.7 Å². The Morgan fingerprint density at radius 1 is 1.17 bits per heavy atom. The largest absolute Gasteiger partial charge is 0.396 e. The minimum Gasteiger partial charge on any atom is -0.396 e. The lowest BCUT2D eigenvalue weighted by Gasteiger charge is -2.22. The third kappa shape index (κ3) is 7.46. The summed E-state index contributed by atoms with van der Waals surface area (Å²) in [6.07, 6.45) is 11.7. The van der Waals surface area contributed by atoms with Gasteiger partial charge in [-0.15, -0.1) is 24.0 Å². The van der Waals surface area contributed by atoms with Crippen molar-refractivity contribution in [2.24, 2.45) is 22.7 Å². The van der Waals surface area contributed by atoms with E-state index in [1.165, 1.54) is 38.5 Å². The first-order valence-electron chi connectivity index (χ1n) is 9.94. The molecule has 24 heavy (non-hydrogen) atoms. The predicted molar refractivity (Wildman–Crippen MR) is 113 cm³/mol. The van der Waals surface area contributed by atoms with E-state index in [1.54, 1.807) is 0 Å². The lowest BCUT2D eigenvalue weighted by molar-refractivity contribution is 0.253. The fraction of sp³-hybridized carbons (Fsp3) is 0.947. The standard InChI is InChI=1S/C19H37N3O.HI/c1-3-8-15(11-12-23)14-21-19(20-4-2)22-18-13-17(18)16-9-6-5-7-10-16;/h15-18,23H,3-14H2,1-2H3,(H2,20,21,22);1H. The normalized spacial score (nSPS) is 25.7. The maximum Gasteiger partial charge on any atom is 0.191 e. The zero-order chi connectivity index (χ0) is 16.5. The molecule has 3 atom stereocenters. The topological polar surface area (TPSA) is 56.7 Å². The van der Waals surface area contributed by atoms with Crippen LogP contribution in [0.5, 0.6) is 0 Å². The van der Waals surface area contributed by atoms with Crippen LogP contribution in [-0.4, -0.2) is 36.8 Å². The van der Waals surface area contributed by atoms with Gasteiger partial charge in [0.15, 0.2) is 5.96 Å². The quantitative estimate of drug-likeness (QED) is 0.283. The van der Waals surface area contributed by atoms with E-state index in [0.29, 0.717) is 12.0 Å². The molecule has 0 aromatic carbocycles. The molecule has 4 nitrogen and oxygen atoms in total. The van der Waals surface area contributed by atoms with E-state index in [4.69, 9.17) is 4.99 Å². The molecule has 3 N–H and O–H groups in total. The Morgan fingerprint density at radius 2 is 1.92 bits per heavy atom. The maximum atomic E-state index is 9.19. The summed E-state index contributed by atoms with van der Waals surface area (Å²) in [7, 11) is 0. The maximum absolute atomic E-state index is 9.19. The van der Waals surface area contributed by atoms with Gasteiger partial charge in [-0.25, -0.2) is 0 Å². The number of halogens is 1. The molecule has 2 rings (SSSR count). The van der Waals surface area contributed by atoms with Gasteiger partial charge < -0.3 is 15.7 Å². The molecule has 0 aliphatic heterocycles. The second kappa shape index (κ2) is 12.3. The van der Waals surface area contributed by atoms with Crippen LogP contribution in [0.2, 0.25) is 0 Å². The summed E-state index contributed by atoms with van der Waals surface area (Å²) >= 11 is 0. The molecule has 3 unspecified atom stereocenters. The molecule has 0 saturated heterocycles. The number of aliphatic hydroxyl groups is 1. The Morgan fingerprint density at radius 3 is 2.54 bits per heavy atom. The van der Waals surface area contributed by atoms with E-state index in [-0.39, 0.29) is 30.6 Å². The van der Waals surface area contributed by atoms with Crippen molar-refractivity contribution in [3.8, 4) is 0 Å². The molecule has 142 valence electrons. The Bertz CT molecular complexity index is 353. The van der Waals surface area contributed by atoms with Crippen molar-refractivity contribution in [3.63, 3.8) is 0 Å². The second-order valence-corrected chi connectivity index (χ2v) is 7.44. The van der Waals surface area contributed by atoms with Gasteiger partial charge in [-0.1, -0.05) is 45.4 Å². The summed E-state index contributed by atoms with van der Waals surface area (Å²) in [4.78, 5) is 4.79. The van der Waals surface area contributed by atoms with Crippen molar-refractivity contribution in [3.05, 3.63) is 0 Å².